The first-order valence-corrected chi connectivity index (χ1v) is 5.28. The van der Waals surface area contributed by atoms with Crippen molar-refractivity contribution in [2.24, 2.45) is 0 Å². The molecule has 1 aromatic rings. The summed E-state index contributed by atoms with van der Waals surface area (Å²) in [7, 11) is 1.33. The SMILES string of the molecule is COc1cc([N+](=O)[O-])cc(C(=O)O)c1CBr. The van der Waals surface area contributed by atoms with E-state index in [1.807, 2.05) is 0 Å². The maximum absolute atomic E-state index is 10.9. The van der Waals surface area contributed by atoms with Gasteiger partial charge in [-0.3, -0.25) is 10.1 Å². The molecule has 0 amide bonds. The minimum absolute atomic E-state index is 0.136. The van der Waals surface area contributed by atoms with Gasteiger partial charge in [-0.05, 0) is 0 Å². The van der Waals surface area contributed by atoms with E-state index in [4.69, 9.17) is 9.84 Å². The summed E-state index contributed by atoms with van der Waals surface area (Å²) in [5.41, 5.74) is -0.0672. The lowest BCUT2D eigenvalue weighted by atomic mass is 10.1. The van der Waals surface area contributed by atoms with Crippen LogP contribution in [-0.2, 0) is 5.33 Å². The Labute approximate surface area is 99.1 Å². The van der Waals surface area contributed by atoms with Crippen LogP contribution in [0.1, 0.15) is 15.9 Å². The molecule has 0 aromatic heterocycles. The van der Waals surface area contributed by atoms with Gasteiger partial charge < -0.3 is 9.84 Å². The number of ether oxygens (including phenoxy) is 1. The molecule has 86 valence electrons. The predicted octanol–water partition coefficient (Wildman–Crippen LogP) is 2.20. The van der Waals surface area contributed by atoms with Gasteiger partial charge in [-0.2, -0.15) is 0 Å². The molecule has 0 spiro atoms. The summed E-state index contributed by atoms with van der Waals surface area (Å²) < 4.78 is 4.92. The number of benzene rings is 1. The van der Waals surface area contributed by atoms with Crippen LogP contribution >= 0.6 is 15.9 Å². The molecule has 0 aliphatic heterocycles. The highest BCUT2D eigenvalue weighted by molar-refractivity contribution is 9.08. The Kier molecular flexibility index (Phi) is 3.83. The number of nitro benzene ring substituents is 1. The van der Waals surface area contributed by atoms with Gasteiger partial charge in [0.1, 0.15) is 5.75 Å². The molecule has 1 N–H and O–H groups in total. The molecule has 0 aliphatic rings. The normalized spacial score (nSPS) is 9.88. The van der Waals surface area contributed by atoms with E-state index in [0.717, 1.165) is 6.07 Å². The van der Waals surface area contributed by atoms with E-state index in [-0.39, 0.29) is 22.3 Å². The van der Waals surface area contributed by atoms with Gasteiger partial charge in [0.05, 0.1) is 23.7 Å². The van der Waals surface area contributed by atoms with Crippen LogP contribution in [0.4, 0.5) is 5.69 Å². The molecule has 0 heterocycles. The molecule has 0 atom stereocenters. The van der Waals surface area contributed by atoms with E-state index < -0.39 is 10.9 Å². The number of nitrogens with zero attached hydrogens (tertiary/aromatic N) is 1. The van der Waals surface area contributed by atoms with Gasteiger partial charge in [0.25, 0.3) is 5.69 Å². The van der Waals surface area contributed by atoms with Crippen molar-refractivity contribution in [2.75, 3.05) is 7.11 Å². The second-order valence-corrected chi connectivity index (χ2v) is 3.43. The average Bonchev–Trinajstić information content (AvgIpc) is 2.26. The fraction of sp³-hybridized carbons (Fsp3) is 0.222. The number of aromatic carboxylic acids is 1. The molecule has 0 unspecified atom stereocenters. The van der Waals surface area contributed by atoms with Crippen molar-refractivity contribution in [3.63, 3.8) is 0 Å². The number of hydrogen-bond acceptors (Lipinski definition) is 4. The van der Waals surface area contributed by atoms with Crippen molar-refractivity contribution in [3.05, 3.63) is 33.4 Å². The third-order valence-corrected chi connectivity index (χ3v) is 2.55. The molecule has 0 saturated heterocycles. The number of methoxy groups -OCH3 is 1. The first-order chi connectivity index (χ1) is 7.51. The number of carboxylic acids is 1. The molecule has 6 nitrogen and oxygen atoms in total. The number of alkyl halides is 1. The van der Waals surface area contributed by atoms with Crippen LogP contribution in [0, 0.1) is 10.1 Å². The highest BCUT2D eigenvalue weighted by Crippen LogP contribution is 2.30. The number of non-ortho nitro benzene ring substituents is 1. The minimum atomic E-state index is -1.23. The smallest absolute Gasteiger partial charge is 0.336 e. The van der Waals surface area contributed by atoms with E-state index in [1.54, 1.807) is 0 Å². The van der Waals surface area contributed by atoms with Crippen molar-refractivity contribution in [1.82, 2.24) is 0 Å². The van der Waals surface area contributed by atoms with Crippen LogP contribution in [0.15, 0.2) is 12.1 Å². The van der Waals surface area contributed by atoms with E-state index in [9.17, 15) is 14.9 Å². The predicted molar refractivity (Wildman–Crippen MR) is 59.2 cm³/mol. The number of carbonyl (C=O) groups is 1. The van der Waals surface area contributed by atoms with Crippen LogP contribution in [-0.4, -0.2) is 23.1 Å². The zero-order chi connectivity index (χ0) is 12.3. The lowest BCUT2D eigenvalue weighted by Gasteiger charge is -2.08. The largest absolute Gasteiger partial charge is 0.496 e. The van der Waals surface area contributed by atoms with Crippen LogP contribution in [0.2, 0.25) is 0 Å². The van der Waals surface area contributed by atoms with E-state index in [2.05, 4.69) is 15.9 Å². The summed E-state index contributed by atoms with van der Waals surface area (Å²) in [6.45, 7) is 0. The molecule has 1 rings (SSSR count). The first-order valence-electron chi connectivity index (χ1n) is 4.15. The third-order valence-electron chi connectivity index (χ3n) is 1.99. The molecule has 0 bridgehead atoms. The molecule has 0 radical (unpaired) electrons. The number of rotatable bonds is 4. The van der Waals surface area contributed by atoms with Crippen LogP contribution < -0.4 is 4.74 Å². The van der Waals surface area contributed by atoms with E-state index in [1.165, 1.54) is 13.2 Å². The zero-order valence-electron chi connectivity index (χ0n) is 8.27. The first kappa shape index (κ1) is 12.4. The molecule has 1 aromatic carbocycles. The number of carboxylic acid groups (broad SMARTS) is 1. The van der Waals surface area contributed by atoms with Gasteiger partial charge in [0, 0.05) is 17.0 Å². The Balaban J connectivity index is 3.49. The van der Waals surface area contributed by atoms with Crippen LogP contribution in [0.3, 0.4) is 0 Å². The molecular formula is C9H8BrNO5. The van der Waals surface area contributed by atoms with Gasteiger partial charge in [0.2, 0.25) is 0 Å². The molecular weight excluding hydrogens is 282 g/mol. The second kappa shape index (κ2) is 4.93. The Bertz CT molecular complexity index is 446. The van der Waals surface area contributed by atoms with Crippen molar-refractivity contribution in [2.45, 2.75) is 5.33 Å². The Morgan fingerprint density at radius 2 is 2.25 bits per heavy atom. The Morgan fingerprint density at radius 3 is 2.62 bits per heavy atom. The van der Waals surface area contributed by atoms with E-state index >= 15 is 0 Å². The zero-order valence-corrected chi connectivity index (χ0v) is 9.85. The van der Waals surface area contributed by atoms with Gasteiger partial charge >= 0.3 is 5.97 Å². The standard InChI is InChI=1S/C9H8BrNO5/c1-16-8-3-5(11(14)15)2-6(9(12)13)7(8)4-10/h2-3H,4H2,1H3,(H,12,13). The summed E-state index contributed by atoms with van der Waals surface area (Å²) >= 11 is 3.12. The summed E-state index contributed by atoms with van der Waals surface area (Å²) in [5, 5.41) is 19.8. The molecule has 0 saturated carbocycles. The van der Waals surface area contributed by atoms with Gasteiger partial charge in [-0.25, -0.2) is 4.79 Å². The average molecular weight is 290 g/mol. The van der Waals surface area contributed by atoms with Crippen molar-refractivity contribution in [3.8, 4) is 5.75 Å². The number of nitro groups is 1. The lowest BCUT2D eigenvalue weighted by Crippen LogP contribution is -2.05. The fourth-order valence-corrected chi connectivity index (χ4v) is 1.83. The monoisotopic (exact) mass is 289 g/mol. The highest BCUT2D eigenvalue weighted by atomic mass is 79.9. The van der Waals surface area contributed by atoms with Crippen molar-refractivity contribution < 1.29 is 19.6 Å². The fourth-order valence-electron chi connectivity index (χ4n) is 1.25. The van der Waals surface area contributed by atoms with E-state index in [0.29, 0.717) is 5.56 Å². The Hall–Kier alpha value is -1.63. The van der Waals surface area contributed by atoms with Crippen molar-refractivity contribution >= 4 is 27.6 Å². The summed E-state index contributed by atoms with van der Waals surface area (Å²) in [5.74, 6) is -1.04. The van der Waals surface area contributed by atoms with Gasteiger partial charge in [0.15, 0.2) is 0 Å². The maximum Gasteiger partial charge on any atom is 0.336 e. The topological polar surface area (TPSA) is 89.7 Å². The third kappa shape index (κ3) is 2.30. The van der Waals surface area contributed by atoms with Gasteiger partial charge in [-0.1, -0.05) is 15.9 Å². The molecule has 16 heavy (non-hydrogen) atoms. The molecule has 0 aliphatic carbocycles. The number of hydrogen-bond donors (Lipinski definition) is 1. The van der Waals surface area contributed by atoms with Gasteiger partial charge in [-0.15, -0.1) is 0 Å². The molecule has 7 heteroatoms. The highest BCUT2D eigenvalue weighted by Gasteiger charge is 2.20. The second-order valence-electron chi connectivity index (χ2n) is 2.87. The van der Waals surface area contributed by atoms with Crippen molar-refractivity contribution in [1.29, 1.82) is 0 Å². The molecule has 0 fully saturated rings. The summed E-state index contributed by atoms with van der Waals surface area (Å²) in [6.07, 6.45) is 0. The summed E-state index contributed by atoms with van der Waals surface area (Å²) in [6, 6.07) is 2.21. The quantitative estimate of drug-likeness (QED) is 0.521. The summed E-state index contributed by atoms with van der Waals surface area (Å²) in [4.78, 5) is 20.9. The number of halogens is 1. The van der Waals surface area contributed by atoms with Crippen LogP contribution in [0.25, 0.3) is 0 Å². The lowest BCUT2D eigenvalue weighted by molar-refractivity contribution is -0.385. The van der Waals surface area contributed by atoms with Crippen LogP contribution in [0.5, 0.6) is 5.75 Å². The maximum atomic E-state index is 10.9. The Morgan fingerprint density at radius 1 is 1.62 bits per heavy atom. The minimum Gasteiger partial charge on any atom is -0.496 e.